The van der Waals surface area contributed by atoms with Gasteiger partial charge < -0.3 is 10.1 Å². The molecule has 2 aromatic rings. The summed E-state index contributed by atoms with van der Waals surface area (Å²) in [5.41, 5.74) is 2.41. The van der Waals surface area contributed by atoms with Crippen molar-refractivity contribution in [1.82, 2.24) is 15.3 Å². The minimum Gasteiger partial charge on any atom is -0.497 e. The number of hydrogen-bond acceptors (Lipinski definition) is 5. The highest BCUT2D eigenvalue weighted by Crippen LogP contribution is 2.24. The second-order valence-electron chi connectivity index (χ2n) is 5.98. The second-order valence-corrected chi connectivity index (χ2v) is 5.98. The quantitative estimate of drug-likeness (QED) is 0.838. The number of piperidine rings is 1. The number of carbonyl (C=O) groups is 1. The van der Waals surface area contributed by atoms with E-state index in [1.807, 2.05) is 30.3 Å². The van der Waals surface area contributed by atoms with E-state index >= 15 is 0 Å². The lowest BCUT2D eigenvalue weighted by molar-refractivity contribution is 0.0911. The molecule has 1 saturated heterocycles. The van der Waals surface area contributed by atoms with Crippen LogP contribution in [0.4, 0.5) is 0 Å². The highest BCUT2D eigenvalue weighted by molar-refractivity contribution is 5.95. The van der Waals surface area contributed by atoms with Gasteiger partial charge in [0, 0.05) is 37.1 Å². The highest BCUT2D eigenvalue weighted by Gasteiger charge is 2.19. The van der Waals surface area contributed by atoms with Gasteiger partial charge >= 0.3 is 0 Å². The SMILES string of the molecule is COc1cccc(-c2cncc(C(=O)NC3CCN(N)CC3)c2)c1. The third-order valence-electron chi connectivity index (χ3n) is 4.27. The summed E-state index contributed by atoms with van der Waals surface area (Å²) in [6.07, 6.45) is 5.08. The maximum Gasteiger partial charge on any atom is 0.253 e. The van der Waals surface area contributed by atoms with Crippen LogP contribution in [-0.2, 0) is 0 Å². The molecule has 1 aromatic heterocycles. The van der Waals surface area contributed by atoms with Crippen LogP contribution >= 0.6 is 0 Å². The Labute approximate surface area is 141 Å². The van der Waals surface area contributed by atoms with Crippen molar-refractivity contribution in [2.24, 2.45) is 5.84 Å². The van der Waals surface area contributed by atoms with Crippen LogP contribution in [0, 0.1) is 0 Å². The Kier molecular flexibility index (Phi) is 5.08. The summed E-state index contributed by atoms with van der Waals surface area (Å²) in [4.78, 5) is 16.7. The molecule has 3 N–H and O–H groups in total. The Morgan fingerprint density at radius 2 is 2.04 bits per heavy atom. The van der Waals surface area contributed by atoms with E-state index in [9.17, 15) is 4.79 Å². The molecule has 6 nitrogen and oxygen atoms in total. The number of ether oxygens (including phenoxy) is 1. The van der Waals surface area contributed by atoms with Gasteiger partial charge in [0.2, 0.25) is 0 Å². The Bertz CT molecular complexity index is 712. The topological polar surface area (TPSA) is 80.5 Å². The van der Waals surface area contributed by atoms with Crippen LogP contribution in [0.5, 0.6) is 5.75 Å². The van der Waals surface area contributed by atoms with E-state index in [1.54, 1.807) is 24.5 Å². The molecule has 0 saturated carbocycles. The van der Waals surface area contributed by atoms with Crippen LogP contribution in [0.15, 0.2) is 42.7 Å². The molecule has 0 atom stereocenters. The summed E-state index contributed by atoms with van der Waals surface area (Å²) in [5.74, 6) is 6.43. The Balaban J connectivity index is 1.73. The highest BCUT2D eigenvalue weighted by atomic mass is 16.5. The molecule has 24 heavy (non-hydrogen) atoms. The molecular weight excluding hydrogens is 304 g/mol. The lowest BCUT2D eigenvalue weighted by Gasteiger charge is -2.29. The van der Waals surface area contributed by atoms with Gasteiger partial charge in [0.25, 0.3) is 5.91 Å². The van der Waals surface area contributed by atoms with Crippen LogP contribution in [0.25, 0.3) is 11.1 Å². The maximum absolute atomic E-state index is 12.5. The van der Waals surface area contributed by atoms with Gasteiger partial charge in [0.1, 0.15) is 5.75 Å². The zero-order valence-corrected chi connectivity index (χ0v) is 13.7. The molecule has 2 heterocycles. The molecule has 1 amide bonds. The Hall–Kier alpha value is -2.44. The molecular formula is C18H22N4O2. The predicted octanol–water partition coefficient (Wildman–Crippen LogP) is 1.83. The standard InChI is InChI=1S/C18H22N4O2/c1-24-17-4-2-3-13(10-17)14-9-15(12-20-11-14)18(23)21-16-5-7-22(19)8-6-16/h2-4,9-12,16H,5-8,19H2,1H3,(H,21,23). The number of amides is 1. The summed E-state index contributed by atoms with van der Waals surface area (Å²) in [7, 11) is 1.63. The molecule has 0 aliphatic carbocycles. The van der Waals surface area contributed by atoms with Crippen molar-refractivity contribution in [2.75, 3.05) is 20.2 Å². The summed E-state index contributed by atoms with van der Waals surface area (Å²) in [6, 6.07) is 9.72. The number of hydrazine groups is 1. The summed E-state index contributed by atoms with van der Waals surface area (Å²) >= 11 is 0. The van der Waals surface area contributed by atoms with E-state index < -0.39 is 0 Å². The number of nitrogens with zero attached hydrogens (tertiary/aromatic N) is 2. The van der Waals surface area contributed by atoms with E-state index in [-0.39, 0.29) is 11.9 Å². The average molecular weight is 326 g/mol. The number of aromatic nitrogens is 1. The first-order chi connectivity index (χ1) is 11.7. The van der Waals surface area contributed by atoms with Crippen molar-refractivity contribution in [3.63, 3.8) is 0 Å². The van der Waals surface area contributed by atoms with Gasteiger partial charge in [-0.05, 0) is 36.6 Å². The number of pyridine rings is 1. The molecule has 1 aliphatic heterocycles. The van der Waals surface area contributed by atoms with Crippen molar-refractivity contribution in [3.05, 3.63) is 48.3 Å². The lowest BCUT2D eigenvalue weighted by Crippen LogP contribution is -2.47. The van der Waals surface area contributed by atoms with Gasteiger partial charge in [-0.25, -0.2) is 5.01 Å². The number of carbonyl (C=O) groups excluding carboxylic acids is 1. The number of nitrogens with one attached hydrogen (secondary N) is 1. The molecule has 1 aliphatic rings. The van der Waals surface area contributed by atoms with Crippen LogP contribution in [-0.4, -0.2) is 42.1 Å². The summed E-state index contributed by atoms with van der Waals surface area (Å²) < 4.78 is 5.25. The molecule has 3 rings (SSSR count). The Morgan fingerprint density at radius 1 is 1.25 bits per heavy atom. The third-order valence-corrected chi connectivity index (χ3v) is 4.27. The number of methoxy groups -OCH3 is 1. The molecule has 1 aromatic carbocycles. The monoisotopic (exact) mass is 326 g/mol. The number of nitrogens with two attached hydrogens (primary N) is 1. The Morgan fingerprint density at radius 3 is 2.79 bits per heavy atom. The van der Waals surface area contributed by atoms with Crippen LogP contribution in [0.1, 0.15) is 23.2 Å². The van der Waals surface area contributed by atoms with Gasteiger partial charge in [-0.2, -0.15) is 0 Å². The number of hydrogen-bond donors (Lipinski definition) is 2. The molecule has 0 bridgehead atoms. The lowest BCUT2D eigenvalue weighted by atomic mass is 10.0. The molecule has 126 valence electrons. The maximum atomic E-state index is 12.5. The van der Waals surface area contributed by atoms with Crippen molar-refractivity contribution < 1.29 is 9.53 Å². The van der Waals surface area contributed by atoms with E-state index in [0.717, 1.165) is 42.8 Å². The van der Waals surface area contributed by atoms with Crippen LogP contribution in [0.2, 0.25) is 0 Å². The largest absolute Gasteiger partial charge is 0.497 e. The second kappa shape index (κ2) is 7.42. The zero-order valence-electron chi connectivity index (χ0n) is 13.7. The smallest absolute Gasteiger partial charge is 0.253 e. The molecule has 0 spiro atoms. The van der Waals surface area contributed by atoms with Gasteiger partial charge in [-0.15, -0.1) is 0 Å². The minimum absolute atomic E-state index is 0.0947. The first-order valence-corrected chi connectivity index (χ1v) is 8.05. The van der Waals surface area contributed by atoms with E-state index in [1.165, 1.54) is 0 Å². The van der Waals surface area contributed by atoms with Gasteiger partial charge in [0.05, 0.1) is 12.7 Å². The van der Waals surface area contributed by atoms with Crippen molar-refractivity contribution in [2.45, 2.75) is 18.9 Å². The van der Waals surface area contributed by atoms with Gasteiger partial charge in [-0.3, -0.25) is 15.6 Å². The summed E-state index contributed by atoms with van der Waals surface area (Å²) in [5, 5.41) is 4.86. The first kappa shape index (κ1) is 16.4. The van der Waals surface area contributed by atoms with Crippen molar-refractivity contribution in [1.29, 1.82) is 0 Å². The third kappa shape index (κ3) is 3.90. The van der Waals surface area contributed by atoms with Crippen molar-refractivity contribution in [3.8, 4) is 16.9 Å². The van der Waals surface area contributed by atoms with E-state index in [4.69, 9.17) is 10.6 Å². The average Bonchev–Trinajstić information content (AvgIpc) is 2.64. The molecule has 0 radical (unpaired) electrons. The zero-order chi connectivity index (χ0) is 16.9. The normalized spacial score (nSPS) is 15.9. The molecule has 0 unspecified atom stereocenters. The summed E-state index contributed by atoms with van der Waals surface area (Å²) in [6.45, 7) is 1.60. The van der Waals surface area contributed by atoms with Gasteiger partial charge in [0.15, 0.2) is 0 Å². The van der Waals surface area contributed by atoms with Gasteiger partial charge in [-0.1, -0.05) is 12.1 Å². The first-order valence-electron chi connectivity index (χ1n) is 8.05. The van der Waals surface area contributed by atoms with Crippen LogP contribution in [0.3, 0.4) is 0 Å². The fourth-order valence-electron chi connectivity index (χ4n) is 2.84. The molecule has 1 fully saturated rings. The predicted molar refractivity (Wildman–Crippen MR) is 92.5 cm³/mol. The minimum atomic E-state index is -0.0947. The number of rotatable bonds is 4. The van der Waals surface area contributed by atoms with E-state index in [2.05, 4.69) is 10.3 Å². The molecule has 6 heteroatoms. The van der Waals surface area contributed by atoms with E-state index in [0.29, 0.717) is 5.56 Å². The fourth-order valence-corrected chi connectivity index (χ4v) is 2.84. The number of benzene rings is 1. The van der Waals surface area contributed by atoms with Crippen molar-refractivity contribution >= 4 is 5.91 Å². The van der Waals surface area contributed by atoms with Crippen LogP contribution < -0.4 is 15.9 Å². The fraction of sp³-hybridized carbons (Fsp3) is 0.333.